The van der Waals surface area contributed by atoms with Gasteiger partial charge >= 0.3 is 0 Å². The molecule has 0 saturated carbocycles. The van der Waals surface area contributed by atoms with Crippen LogP contribution in [0.25, 0.3) is 0 Å². The second-order valence-corrected chi connectivity index (χ2v) is 8.40. The van der Waals surface area contributed by atoms with E-state index in [-0.39, 0.29) is 5.91 Å². The number of benzene rings is 2. The first kappa shape index (κ1) is 18.5. The third-order valence-electron chi connectivity index (χ3n) is 4.23. The molecule has 1 aliphatic heterocycles. The molecule has 138 valence electrons. The quantitative estimate of drug-likeness (QED) is 0.863. The second-order valence-electron chi connectivity index (χ2n) is 6.09. The van der Waals surface area contributed by atoms with Gasteiger partial charge in [-0.1, -0.05) is 11.6 Å². The minimum atomic E-state index is -3.33. The largest absolute Gasteiger partial charge is 0.495 e. The van der Waals surface area contributed by atoms with Crippen LogP contribution in [-0.2, 0) is 16.4 Å². The number of carbonyl (C=O) groups excluding carboxylic acids is 1. The van der Waals surface area contributed by atoms with Gasteiger partial charge in [0.25, 0.3) is 5.91 Å². The lowest BCUT2D eigenvalue weighted by molar-refractivity contribution is 0.102. The maximum absolute atomic E-state index is 12.5. The van der Waals surface area contributed by atoms with Crippen LogP contribution in [-0.4, -0.2) is 34.2 Å². The van der Waals surface area contributed by atoms with Gasteiger partial charge in [0, 0.05) is 17.8 Å². The lowest BCUT2D eigenvalue weighted by Gasteiger charge is -2.29. The lowest BCUT2D eigenvalue weighted by Crippen LogP contribution is -2.34. The van der Waals surface area contributed by atoms with Crippen molar-refractivity contribution in [2.24, 2.45) is 0 Å². The van der Waals surface area contributed by atoms with Crippen LogP contribution in [0.2, 0.25) is 5.02 Å². The molecule has 6 nitrogen and oxygen atoms in total. The van der Waals surface area contributed by atoms with Crippen molar-refractivity contribution >= 4 is 38.9 Å². The number of carbonyl (C=O) groups is 1. The number of ether oxygens (including phenoxy) is 1. The Morgan fingerprint density at radius 2 is 2.00 bits per heavy atom. The summed E-state index contributed by atoms with van der Waals surface area (Å²) in [5.41, 5.74) is 2.51. The summed E-state index contributed by atoms with van der Waals surface area (Å²) in [5, 5.41) is 3.19. The van der Waals surface area contributed by atoms with Crippen molar-refractivity contribution in [1.82, 2.24) is 0 Å². The SMILES string of the molecule is COc1ccc(NC(=O)c2ccc3c(c2)CCCN3S(C)(=O)=O)cc1Cl. The highest BCUT2D eigenvalue weighted by molar-refractivity contribution is 7.92. The molecule has 2 aromatic carbocycles. The fraction of sp³-hybridized carbons (Fsp3) is 0.278. The monoisotopic (exact) mass is 394 g/mol. The molecule has 8 heteroatoms. The summed E-state index contributed by atoms with van der Waals surface area (Å²) < 4.78 is 30.3. The van der Waals surface area contributed by atoms with E-state index in [1.54, 1.807) is 36.4 Å². The molecular weight excluding hydrogens is 376 g/mol. The van der Waals surface area contributed by atoms with Gasteiger partial charge in [-0.05, 0) is 54.8 Å². The number of aryl methyl sites for hydroxylation is 1. The van der Waals surface area contributed by atoms with Crippen LogP contribution < -0.4 is 14.4 Å². The predicted molar refractivity (Wildman–Crippen MR) is 103 cm³/mol. The summed E-state index contributed by atoms with van der Waals surface area (Å²) >= 11 is 6.07. The lowest BCUT2D eigenvalue weighted by atomic mass is 10.0. The summed E-state index contributed by atoms with van der Waals surface area (Å²) in [7, 11) is -1.81. The highest BCUT2D eigenvalue weighted by Gasteiger charge is 2.24. The van der Waals surface area contributed by atoms with E-state index < -0.39 is 10.0 Å². The number of halogens is 1. The van der Waals surface area contributed by atoms with Crippen LogP contribution in [0.4, 0.5) is 11.4 Å². The van der Waals surface area contributed by atoms with Gasteiger partial charge in [0.1, 0.15) is 5.75 Å². The van der Waals surface area contributed by atoms with Crippen molar-refractivity contribution in [2.75, 3.05) is 29.5 Å². The van der Waals surface area contributed by atoms with Crippen LogP contribution in [0, 0.1) is 0 Å². The van der Waals surface area contributed by atoms with Crippen LogP contribution in [0.15, 0.2) is 36.4 Å². The number of rotatable bonds is 4. The Morgan fingerprint density at radius 3 is 2.65 bits per heavy atom. The molecule has 1 heterocycles. The average Bonchev–Trinajstić information content (AvgIpc) is 2.60. The topological polar surface area (TPSA) is 75.7 Å². The molecule has 0 aliphatic carbocycles. The van der Waals surface area contributed by atoms with Crippen molar-refractivity contribution in [3.05, 3.63) is 52.5 Å². The van der Waals surface area contributed by atoms with Crippen LogP contribution in [0.5, 0.6) is 5.75 Å². The number of nitrogens with one attached hydrogen (secondary N) is 1. The Bertz CT molecular complexity index is 960. The van der Waals surface area contributed by atoms with E-state index in [4.69, 9.17) is 16.3 Å². The Balaban J connectivity index is 1.84. The number of anilines is 2. The van der Waals surface area contributed by atoms with Crippen LogP contribution in [0.1, 0.15) is 22.3 Å². The Kier molecular flexibility index (Phi) is 5.11. The zero-order chi connectivity index (χ0) is 18.9. The van der Waals surface area contributed by atoms with E-state index >= 15 is 0 Å². The van der Waals surface area contributed by atoms with E-state index in [2.05, 4.69) is 5.32 Å². The van der Waals surface area contributed by atoms with E-state index in [1.165, 1.54) is 17.7 Å². The molecular formula is C18H19ClN2O4S. The molecule has 0 aromatic heterocycles. The third kappa shape index (κ3) is 3.78. The van der Waals surface area contributed by atoms with Gasteiger partial charge in [-0.2, -0.15) is 0 Å². The first-order valence-electron chi connectivity index (χ1n) is 8.05. The van der Waals surface area contributed by atoms with E-state index in [9.17, 15) is 13.2 Å². The first-order valence-corrected chi connectivity index (χ1v) is 10.3. The number of hydrogen-bond acceptors (Lipinski definition) is 4. The van der Waals surface area contributed by atoms with Crippen molar-refractivity contribution in [3.63, 3.8) is 0 Å². The van der Waals surface area contributed by atoms with Gasteiger partial charge in [0.15, 0.2) is 0 Å². The first-order chi connectivity index (χ1) is 12.3. The molecule has 1 amide bonds. The molecule has 0 radical (unpaired) electrons. The molecule has 1 N–H and O–H groups in total. The van der Waals surface area contributed by atoms with Gasteiger partial charge in [0.2, 0.25) is 10.0 Å². The van der Waals surface area contributed by atoms with Gasteiger partial charge in [-0.15, -0.1) is 0 Å². The van der Waals surface area contributed by atoms with Gasteiger partial charge in [-0.3, -0.25) is 9.10 Å². The number of fused-ring (bicyclic) bond motifs is 1. The maximum atomic E-state index is 12.5. The summed E-state index contributed by atoms with van der Waals surface area (Å²) in [6.07, 6.45) is 2.65. The average molecular weight is 395 g/mol. The molecule has 26 heavy (non-hydrogen) atoms. The van der Waals surface area contributed by atoms with E-state index in [0.29, 0.717) is 34.3 Å². The number of amides is 1. The van der Waals surface area contributed by atoms with Gasteiger partial charge in [-0.25, -0.2) is 8.42 Å². The normalized spacial score (nSPS) is 13.9. The Hall–Kier alpha value is -2.25. The molecule has 3 rings (SSSR count). The third-order valence-corrected chi connectivity index (χ3v) is 5.70. The second kappa shape index (κ2) is 7.17. The molecule has 0 fully saturated rings. The smallest absolute Gasteiger partial charge is 0.255 e. The van der Waals surface area contributed by atoms with E-state index in [0.717, 1.165) is 18.4 Å². The zero-order valence-electron chi connectivity index (χ0n) is 14.5. The summed E-state index contributed by atoms with van der Waals surface area (Å²) in [4.78, 5) is 12.5. The van der Waals surface area contributed by atoms with Crippen molar-refractivity contribution < 1.29 is 17.9 Å². The Labute approximate surface area is 157 Å². The number of methoxy groups -OCH3 is 1. The minimum absolute atomic E-state index is 0.287. The minimum Gasteiger partial charge on any atom is -0.495 e. The summed E-state index contributed by atoms with van der Waals surface area (Å²) in [6, 6.07) is 10.0. The van der Waals surface area contributed by atoms with Crippen molar-refractivity contribution in [3.8, 4) is 5.75 Å². The summed E-state index contributed by atoms with van der Waals surface area (Å²) in [5.74, 6) is 0.241. The van der Waals surface area contributed by atoms with Crippen LogP contribution >= 0.6 is 11.6 Å². The maximum Gasteiger partial charge on any atom is 0.255 e. The molecule has 1 aliphatic rings. The highest BCUT2D eigenvalue weighted by Crippen LogP contribution is 2.31. The van der Waals surface area contributed by atoms with Crippen molar-refractivity contribution in [2.45, 2.75) is 12.8 Å². The predicted octanol–water partition coefficient (Wildman–Crippen LogP) is 3.31. The summed E-state index contributed by atoms with van der Waals surface area (Å²) in [6.45, 7) is 0.460. The fourth-order valence-corrected chi connectivity index (χ4v) is 4.25. The van der Waals surface area contributed by atoms with E-state index in [1.807, 2.05) is 0 Å². The zero-order valence-corrected chi connectivity index (χ0v) is 16.0. The fourth-order valence-electron chi connectivity index (χ4n) is 3.00. The standard InChI is InChI=1S/C18H19ClN2O4S/c1-25-17-8-6-14(11-15(17)19)20-18(22)13-5-7-16-12(10-13)4-3-9-21(16)26(2,23)24/h5-8,10-11H,3-4,9H2,1-2H3,(H,20,22). The number of hydrogen-bond donors (Lipinski definition) is 1. The van der Waals surface area contributed by atoms with Crippen molar-refractivity contribution in [1.29, 1.82) is 0 Å². The number of sulfonamides is 1. The molecule has 0 bridgehead atoms. The number of nitrogens with zero attached hydrogens (tertiary/aromatic N) is 1. The highest BCUT2D eigenvalue weighted by atomic mass is 35.5. The molecule has 0 spiro atoms. The Morgan fingerprint density at radius 1 is 1.23 bits per heavy atom. The van der Waals surface area contributed by atoms with Gasteiger partial charge < -0.3 is 10.1 Å². The molecule has 0 unspecified atom stereocenters. The molecule has 0 saturated heterocycles. The molecule has 0 atom stereocenters. The van der Waals surface area contributed by atoms with Gasteiger partial charge in [0.05, 0.1) is 24.1 Å². The van der Waals surface area contributed by atoms with Crippen LogP contribution in [0.3, 0.4) is 0 Å². The molecule has 2 aromatic rings.